The summed E-state index contributed by atoms with van der Waals surface area (Å²) in [6.45, 7) is 0. The molecule has 0 aromatic heterocycles. The van der Waals surface area contributed by atoms with Gasteiger partial charge in [0.25, 0.3) is 0 Å². The summed E-state index contributed by atoms with van der Waals surface area (Å²) in [5.74, 6) is 0. The van der Waals surface area contributed by atoms with E-state index in [4.69, 9.17) is 10.0 Å². The molecule has 0 aliphatic carbocycles. The first-order chi connectivity index (χ1) is 1.73. The molecule has 0 radical (unpaired) electrons. The molecule has 0 rings (SSSR count). The second-order valence-electron chi connectivity index (χ2n) is 0.632. The van der Waals surface area contributed by atoms with Crippen LogP contribution >= 0.6 is 0 Å². The van der Waals surface area contributed by atoms with Gasteiger partial charge in [0.1, 0.15) is 0 Å². The average Bonchev–Trinajstić information content (AvgIpc) is 0.811. The summed E-state index contributed by atoms with van der Waals surface area (Å²) >= 11 is 0. The summed E-state index contributed by atoms with van der Waals surface area (Å²) in [5.41, 5.74) is 0. The van der Waals surface area contributed by atoms with Gasteiger partial charge in [-0.25, -0.2) is 0 Å². The summed E-state index contributed by atoms with van der Waals surface area (Å²) in [5, 5.41) is 15.2. The van der Waals surface area contributed by atoms with E-state index in [-0.39, 0.29) is 29.6 Å². The Balaban J connectivity index is 0. The minimum absolute atomic E-state index is 0. The molecule has 0 aromatic rings. The van der Waals surface area contributed by atoms with Crippen LogP contribution in [0.2, 0.25) is 0 Å². The van der Waals surface area contributed by atoms with Crippen LogP contribution in [0.25, 0.3) is 0 Å². The van der Waals surface area contributed by atoms with Crippen LogP contribution in [-0.2, 0) is 0 Å². The van der Waals surface area contributed by atoms with Crippen LogP contribution in [0.15, 0.2) is 0 Å². The van der Waals surface area contributed by atoms with Gasteiger partial charge in [-0.1, -0.05) is 0 Å². The number of rotatable bonds is 0. The Labute approximate surface area is 54.4 Å². The number of hydrogen-bond acceptors (Lipinski definition) is 2. The molecule has 2 nitrogen and oxygen atoms in total. The molecule has 0 saturated heterocycles. The SMILES string of the molecule is BB(O)O.[NaH]. The van der Waals surface area contributed by atoms with E-state index in [1.165, 1.54) is 7.74 Å². The fraction of sp³-hybridized carbons (Fsp3) is 0. The Kier molecular flexibility index (Phi) is 9.50. The second kappa shape index (κ2) is 5.05. The molecule has 0 amide bonds. The number of hydrogen-bond donors (Lipinski definition) is 2. The normalized spacial score (nSPS) is 5.20. The van der Waals surface area contributed by atoms with Crippen molar-refractivity contribution < 1.29 is 10.0 Å². The maximum absolute atomic E-state index is 7.61. The van der Waals surface area contributed by atoms with Crippen molar-refractivity contribution in [1.29, 1.82) is 0 Å². The molecule has 5 heteroatoms. The van der Waals surface area contributed by atoms with E-state index >= 15 is 0 Å². The molecular weight excluding hydrogens is 76.6 g/mol. The van der Waals surface area contributed by atoms with Crippen molar-refractivity contribution in [2.45, 2.75) is 0 Å². The van der Waals surface area contributed by atoms with Gasteiger partial charge in [0, 0.05) is 0 Å². The van der Waals surface area contributed by atoms with Crippen molar-refractivity contribution in [3.63, 3.8) is 0 Å². The molecule has 0 aliphatic heterocycles. The molecule has 0 unspecified atom stereocenters. The third-order valence-electron chi connectivity index (χ3n) is 0. The zero-order valence-corrected chi connectivity index (χ0v) is 2.47. The zero-order chi connectivity index (χ0) is 3.58. The molecule has 0 bridgehead atoms. The van der Waals surface area contributed by atoms with Gasteiger partial charge in [-0.2, -0.15) is 0 Å². The van der Waals surface area contributed by atoms with Crippen molar-refractivity contribution in [2.75, 3.05) is 0 Å². The van der Waals surface area contributed by atoms with Gasteiger partial charge in [-0.3, -0.25) is 0 Å². The van der Waals surface area contributed by atoms with Crippen molar-refractivity contribution >= 4 is 44.3 Å². The van der Waals surface area contributed by atoms with Gasteiger partial charge in [0.05, 0.1) is 0 Å². The topological polar surface area (TPSA) is 40.5 Å². The molecule has 0 heterocycles. The van der Waals surface area contributed by atoms with Crippen LogP contribution in [0.4, 0.5) is 0 Å². The predicted octanol–water partition coefficient (Wildman–Crippen LogP) is -3.06. The first-order valence-electron chi connectivity index (χ1n) is 1.09. The quantitative estimate of drug-likeness (QED) is 0.304. The summed E-state index contributed by atoms with van der Waals surface area (Å²) in [7, 11) is 0.111. The van der Waals surface area contributed by atoms with Crippen LogP contribution in [-0.4, -0.2) is 54.4 Å². The van der Waals surface area contributed by atoms with Crippen molar-refractivity contribution in [1.82, 2.24) is 0 Å². The molecule has 2 N–H and O–H groups in total. The Morgan fingerprint density at radius 2 is 1.40 bits per heavy atom. The Morgan fingerprint density at radius 3 is 1.40 bits per heavy atom. The minimum atomic E-state index is -1.17. The summed E-state index contributed by atoms with van der Waals surface area (Å²) in [6.07, 6.45) is 0. The van der Waals surface area contributed by atoms with E-state index in [0.29, 0.717) is 0 Å². The summed E-state index contributed by atoms with van der Waals surface area (Å²) in [4.78, 5) is 0. The summed E-state index contributed by atoms with van der Waals surface area (Å²) in [6, 6.07) is 0. The van der Waals surface area contributed by atoms with Crippen LogP contribution in [0.3, 0.4) is 0 Å². The molecule has 0 saturated carbocycles. The maximum atomic E-state index is 7.61. The molecule has 0 aromatic carbocycles. The van der Waals surface area contributed by atoms with Crippen LogP contribution < -0.4 is 0 Å². The molecule has 0 fully saturated rings. The van der Waals surface area contributed by atoms with Crippen molar-refractivity contribution in [3.05, 3.63) is 0 Å². The fourth-order valence-corrected chi connectivity index (χ4v) is 0. The standard InChI is InChI=1S/B2H4O2.Na.H/c1-2(3)4;;/h3-4H,1H2;;. The molecule has 0 spiro atoms. The second-order valence-corrected chi connectivity index (χ2v) is 0.632. The van der Waals surface area contributed by atoms with E-state index in [1.54, 1.807) is 0 Å². The van der Waals surface area contributed by atoms with Gasteiger partial charge in [0.2, 0.25) is 0 Å². The molecule has 24 valence electrons. The van der Waals surface area contributed by atoms with Crippen molar-refractivity contribution in [2.24, 2.45) is 0 Å². The van der Waals surface area contributed by atoms with Crippen LogP contribution in [0.5, 0.6) is 0 Å². The van der Waals surface area contributed by atoms with Gasteiger partial charge in [0.15, 0.2) is 7.74 Å². The van der Waals surface area contributed by atoms with Crippen molar-refractivity contribution in [3.8, 4) is 0 Å². The first kappa shape index (κ1) is 9.41. The van der Waals surface area contributed by atoms with E-state index < -0.39 is 7.01 Å². The van der Waals surface area contributed by atoms with Crippen LogP contribution in [0.1, 0.15) is 0 Å². The van der Waals surface area contributed by atoms with E-state index in [1.807, 2.05) is 0 Å². The third-order valence-corrected chi connectivity index (χ3v) is 0. The fourth-order valence-electron chi connectivity index (χ4n) is 0. The average molecular weight is 81.7 g/mol. The first-order valence-corrected chi connectivity index (χ1v) is 1.09. The molecule has 5 heavy (non-hydrogen) atoms. The van der Waals surface area contributed by atoms with Gasteiger partial charge < -0.3 is 10.0 Å². The Bertz CT molecular complexity index is 12.4. The molecule has 0 atom stereocenters. The van der Waals surface area contributed by atoms with Gasteiger partial charge in [-0.15, -0.1) is 0 Å². The predicted molar refractivity (Wildman–Crippen MR) is 25.9 cm³/mol. The third kappa shape index (κ3) is 42.6. The summed E-state index contributed by atoms with van der Waals surface area (Å²) < 4.78 is 0. The molecule has 0 aliphatic rings. The van der Waals surface area contributed by atoms with Crippen LogP contribution in [0, 0.1) is 0 Å². The van der Waals surface area contributed by atoms with Gasteiger partial charge >= 0.3 is 36.6 Å². The Morgan fingerprint density at radius 1 is 1.40 bits per heavy atom. The Hall–Kier alpha value is 1.05. The van der Waals surface area contributed by atoms with E-state index in [0.717, 1.165) is 0 Å². The zero-order valence-electron chi connectivity index (χ0n) is 2.47. The molecular formula is H5B2NaO2. The van der Waals surface area contributed by atoms with Gasteiger partial charge in [-0.05, 0) is 0 Å². The van der Waals surface area contributed by atoms with E-state index in [2.05, 4.69) is 0 Å². The van der Waals surface area contributed by atoms with E-state index in [9.17, 15) is 0 Å². The monoisotopic (exact) mass is 82.0 g/mol.